The molecule has 4 rings (SSSR count). The summed E-state index contributed by atoms with van der Waals surface area (Å²) < 4.78 is 21.8. The van der Waals surface area contributed by atoms with Gasteiger partial charge < -0.3 is 24.3 Å². The van der Waals surface area contributed by atoms with Crippen molar-refractivity contribution >= 4 is 17.2 Å². The van der Waals surface area contributed by atoms with Crippen LogP contribution in [0.4, 0.5) is 0 Å². The zero-order valence-electron chi connectivity index (χ0n) is 20.3. The van der Waals surface area contributed by atoms with Crippen molar-refractivity contribution in [1.82, 2.24) is 15.2 Å². The molecule has 1 N–H and O–H groups in total. The highest BCUT2D eigenvalue weighted by Crippen LogP contribution is 2.33. The topological polar surface area (TPSA) is 82.2 Å². The normalized spacial score (nSPS) is 12.1. The predicted octanol–water partition coefficient (Wildman–Crippen LogP) is 4.27. The molecular weight excluding hydrogens is 466 g/mol. The number of benzene rings is 2. The van der Waals surface area contributed by atoms with Crippen molar-refractivity contribution in [3.05, 3.63) is 63.6 Å². The summed E-state index contributed by atoms with van der Waals surface area (Å²) in [5, 5.41) is 5.62. The molecule has 2 heterocycles. The number of carbonyl (C=O) groups excluding carboxylic acids is 1. The van der Waals surface area contributed by atoms with Crippen molar-refractivity contribution < 1.29 is 23.7 Å². The number of ether oxygens (including phenoxy) is 4. The van der Waals surface area contributed by atoms with E-state index in [1.165, 1.54) is 11.3 Å². The van der Waals surface area contributed by atoms with E-state index in [1.54, 1.807) is 14.2 Å². The number of fused-ring (bicyclic) bond motifs is 1. The fraction of sp³-hybridized carbons (Fsp3) is 0.385. The molecule has 0 bridgehead atoms. The van der Waals surface area contributed by atoms with E-state index in [2.05, 4.69) is 27.3 Å². The number of amides is 1. The number of thiazole rings is 1. The minimum atomic E-state index is -0.123. The van der Waals surface area contributed by atoms with Crippen LogP contribution in [0.2, 0.25) is 0 Å². The van der Waals surface area contributed by atoms with Gasteiger partial charge in [0.1, 0.15) is 10.7 Å². The Bertz CT molecular complexity index is 1150. The molecular formula is C26H31N3O5S. The van der Waals surface area contributed by atoms with Gasteiger partial charge in [0.25, 0.3) is 5.91 Å². The first-order valence-corrected chi connectivity index (χ1v) is 12.5. The van der Waals surface area contributed by atoms with Crippen molar-refractivity contribution in [2.75, 3.05) is 34.1 Å². The molecule has 9 heteroatoms. The molecule has 1 aliphatic heterocycles. The van der Waals surface area contributed by atoms with Gasteiger partial charge in [0, 0.05) is 25.0 Å². The van der Waals surface area contributed by atoms with Crippen LogP contribution in [-0.2, 0) is 19.5 Å². The number of hydrogen-bond acceptors (Lipinski definition) is 8. The van der Waals surface area contributed by atoms with Gasteiger partial charge >= 0.3 is 0 Å². The van der Waals surface area contributed by atoms with E-state index < -0.39 is 0 Å². The van der Waals surface area contributed by atoms with E-state index in [1.807, 2.05) is 36.6 Å². The van der Waals surface area contributed by atoms with Crippen LogP contribution in [-0.4, -0.2) is 49.9 Å². The Morgan fingerprint density at radius 3 is 2.66 bits per heavy atom. The average molecular weight is 498 g/mol. The van der Waals surface area contributed by atoms with Crippen LogP contribution >= 0.6 is 11.3 Å². The smallest absolute Gasteiger partial charge is 0.270 e. The van der Waals surface area contributed by atoms with Crippen molar-refractivity contribution in [1.29, 1.82) is 0 Å². The molecule has 3 aromatic rings. The maximum absolute atomic E-state index is 12.3. The van der Waals surface area contributed by atoms with Gasteiger partial charge in [-0.2, -0.15) is 0 Å². The lowest BCUT2D eigenvalue weighted by Gasteiger charge is -2.22. The van der Waals surface area contributed by atoms with Crippen molar-refractivity contribution in [2.45, 2.75) is 32.9 Å². The van der Waals surface area contributed by atoms with Crippen molar-refractivity contribution in [3.8, 4) is 23.0 Å². The van der Waals surface area contributed by atoms with Crippen LogP contribution in [0.15, 0.2) is 41.8 Å². The molecule has 1 aliphatic rings. The third kappa shape index (κ3) is 6.43. The second-order valence-electron chi connectivity index (χ2n) is 8.22. The molecule has 0 saturated carbocycles. The SMILES string of the molecule is CCCNC(=O)c1csc(CN(CCc2ccc(OC)c(OC)c2)Cc2ccc3c(c2)OCO3)n1. The summed E-state index contributed by atoms with van der Waals surface area (Å²) in [7, 11) is 3.28. The number of nitrogens with one attached hydrogen (secondary N) is 1. The van der Waals surface area contributed by atoms with Crippen LogP contribution in [0.25, 0.3) is 0 Å². The maximum Gasteiger partial charge on any atom is 0.270 e. The Morgan fingerprint density at radius 1 is 1.06 bits per heavy atom. The Balaban J connectivity index is 1.48. The molecule has 0 aliphatic carbocycles. The standard InChI is InChI=1S/C26H31N3O5S/c1-4-10-27-26(30)20-16-35-25(28-20)15-29(14-19-6-8-22-24(13-19)34-17-33-22)11-9-18-5-7-21(31-2)23(12-18)32-3/h5-8,12-13,16H,4,9-11,14-15,17H2,1-3H3,(H,27,30). The number of nitrogens with zero attached hydrogens (tertiary/aromatic N) is 2. The summed E-state index contributed by atoms with van der Waals surface area (Å²) in [6, 6.07) is 12.0. The minimum absolute atomic E-state index is 0.123. The first-order chi connectivity index (χ1) is 17.1. The van der Waals surface area contributed by atoms with Gasteiger partial charge in [-0.05, 0) is 48.2 Å². The molecule has 0 unspecified atom stereocenters. The predicted molar refractivity (Wildman–Crippen MR) is 135 cm³/mol. The summed E-state index contributed by atoms with van der Waals surface area (Å²) in [6.45, 7) is 5.06. The molecule has 0 spiro atoms. The molecule has 0 atom stereocenters. The minimum Gasteiger partial charge on any atom is -0.493 e. The number of hydrogen-bond donors (Lipinski definition) is 1. The highest BCUT2D eigenvalue weighted by Gasteiger charge is 2.17. The van der Waals surface area contributed by atoms with Gasteiger partial charge in [-0.15, -0.1) is 11.3 Å². The quantitative estimate of drug-likeness (QED) is 0.400. The number of rotatable bonds is 12. The van der Waals surface area contributed by atoms with Crippen LogP contribution in [0.3, 0.4) is 0 Å². The molecule has 186 valence electrons. The Morgan fingerprint density at radius 2 is 1.86 bits per heavy atom. The largest absolute Gasteiger partial charge is 0.493 e. The Kier molecular flexibility index (Phi) is 8.44. The fourth-order valence-electron chi connectivity index (χ4n) is 3.84. The Hall–Kier alpha value is -3.30. The number of carbonyl (C=O) groups is 1. The van der Waals surface area contributed by atoms with E-state index in [4.69, 9.17) is 18.9 Å². The van der Waals surface area contributed by atoms with E-state index >= 15 is 0 Å². The van der Waals surface area contributed by atoms with Gasteiger partial charge in [0.2, 0.25) is 6.79 Å². The maximum atomic E-state index is 12.3. The molecule has 8 nitrogen and oxygen atoms in total. The van der Waals surface area contributed by atoms with Gasteiger partial charge in [-0.1, -0.05) is 19.1 Å². The zero-order valence-corrected chi connectivity index (χ0v) is 21.2. The lowest BCUT2D eigenvalue weighted by atomic mass is 10.1. The second-order valence-corrected chi connectivity index (χ2v) is 9.16. The fourth-order valence-corrected chi connectivity index (χ4v) is 4.66. The number of aromatic nitrogens is 1. The molecule has 0 fully saturated rings. The summed E-state index contributed by atoms with van der Waals surface area (Å²) in [4.78, 5) is 19.2. The van der Waals surface area contributed by atoms with Gasteiger partial charge in [-0.25, -0.2) is 4.98 Å². The molecule has 1 amide bonds. The summed E-state index contributed by atoms with van der Waals surface area (Å²) in [6.07, 6.45) is 1.71. The monoisotopic (exact) mass is 497 g/mol. The number of methoxy groups -OCH3 is 2. The van der Waals surface area contributed by atoms with E-state index in [0.717, 1.165) is 52.8 Å². The van der Waals surface area contributed by atoms with Crippen LogP contribution < -0.4 is 24.3 Å². The van der Waals surface area contributed by atoms with Gasteiger partial charge in [0.05, 0.1) is 20.8 Å². The summed E-state index contributed by atoms with van der Waals surface area (Å²) in [5.41, 5.74) is 2.75. The third-order valence-electron chi connectivity index (χ3n) is 5.69. The summed E-state index contributed by atoms with van der Waals surface area (Å²) >= 11 is 1.51. The highest BCUT2D eigenvalue weighted by atomic mass is 32.1. The molecule has 35 heavy (non-hydrogen) atoms. The lowest BCUT2D eigenvalue weighted by Crippen LogP contribution is -2.26. The van der Waals surface area contributed by atoms with Crippen LogP contribution in [0.1, 0.15) is 40.0 Å². The van der Waals surface area contributed by atoms with Gasteiger partial charge in [0.15, 0.2) is 23.0 Å². The van der Waals surface area contributed by atoms with Crippen molar-refractivity contribution in [2.24, 2.45) is 0 Å². The van der Waals surface area contributed by atoms with E-state index in [-0.39, 0.29) is 12.7 Å². The van der Waals surface area contributed by atoms with Gasteiger partial charge in [-0.3, -0.25) is 9.69 Å². The second kappa shape index (κ2) is 11.9. The third-order valence-corrected chi connectivity index (χ3v) is 6.52. The van der Waals surface area contributed by atoms with Crippen molar-refractivity contribution in [3.63, 3.8) is 0 Å². The lowest BCUT2D eigenvalue weighted by molar-refractivity contribution is 0.0949. The highest BCUT2D eigenvalue weighted by molar-refractivity contribution is 7.09. The molecule has 1 aromatic heterocycles. The van der Waals surface area contributed by atoms with Crippen LogP contribution in [0, 0.1) is 0 Å². The molecule has 0 saturated heterocycles. The summed E-state index contributed by atoms with van der Waals surface area (Å²) in [5.74, 6) is 2.85. The first-order valence-electron chi connectivity index (χ1n) is 11.6. The zero-order chi connectivity index (χ0) is 24.6. The average Bonchev–Trinajstić information content (AvgIpc) is 3.55. The molecule has 0 radical (unpaired) electrons. The van der Waals surface area contributed by atoms with E-state index in [0.29, 0.717) is 31.1 Å². The first kappa shape index (κ1) is 24.8. The van der Waals surface area contributed by atoms with Crippen LogP contribution in [0.5, 0.6) is 23.0 Å². The van der Waals surface area contributed by atoms with E-state index in [9.17, 15) is 4.79 Å². The molecule has 2 aromatic carbocycles. The Labute approximate surface area is 209 Å².